The highest BCUT2D eigenvalue weighted by atomic mass is 16.5. The van der Waals surface area contributed by atoms with Gasteiger partial charge in [-0.15, -0.1) is 0 Å². The first kappa shape index (κ1) is 22.9. The van der Waals surface area contributed by atoms with Gasteiger partial charge in [0.15, 0.2) is 12.4 Å². The largest absolute Gasteiger partial charge is 0.497 e. The molecule has 0 fully saturated rings. The Labute approximate surface area is 176 Å². The summed E-state index contributed by atoms with van der Waals surface area (Å²) in [5.74, 6) is 0.264. The normalized spacial score (nSPS) is 10.2. The summed E-state index contributed by atoms with van der Waals surface area (Å²) >= 11 is 0. The first-order chi connectivity index (χ1) is 14.5. The fourth-order valence-electron chi connectivity index (χ4n) is 2.53. The van der Waals surface area contributed by atoms with Gasteiger partial charge < -0.3 is 19.5 Å². The van der Waals surface area contributed by atoms with Crippen LogP contribution in [0.3, 0.4) is 0 Å². The monoisotopic (exact) mass is 413 g/mol. The molecule has 0 radical (unpaired) electrons. The zero-order valence-corrected chi connectivity index (χ0v) is 17.3. The quantitative estimate of drug-likeness (QED) is 0.424. The van der Waals surface area contributed by atoms with Crippen molar-refractivity contribution < 1.29 is 28.6 Å². The predicted octanol–water partition coefficient (Wildman–Crippen LogP) is 3.31. The number of ketones is 1. The van der Waals surface area contributed by atoms with Gasteiger partial charge in [-0.2, -0.15) is 0 Å². The number of carbonyl (C=O) groups excluding carboxylic acids is 3. The molecule has 2 aromatic rings. The van der Waals surface area contributed by atoms with Crippen molar-refractivity contribution in [2.45, 2.75) is 32.7 Å². The van der Waals surface area contributed by atoms with E-state index in [1.165, 1.54) is 0 Å². The van der Waals surface area contributed by atoms with Crippen LogP contribution >= 0.6 is 0 Å². The minimum Gasteiger partial charge on any atom is -0.497 e. The van der Waals surface area contributed by atoms with Gasteiger partial charge in [-0.1, -0.05) is 19.1 Å². The predicted molar refractivity (Wildman–Crippen MR) is 112 cm³/mol. The third-order valence-corrected chi connectivity index (χ3v) is 4.22. The van der Waals surface area contributed by atoms with Crippen LogP contribution in [0.15, 0.2) is 48.5 Å². The maximum atomic E-state index is 12.2. The van der Waals surface area contributed by atoms with Gasteiger partial charge in [-0.3, -0.25) is 14.4 Å². The second-order valence-corrected chi connectivity index (χ2v) is 6.58. The van der Waals surface area contributed by atoms with Gasteiger partial charge in [0.1, 0.15) is 11.5 Å². The van der Waals surface area contributed by atoms with E-state index in [-0.39, 0.29) is 25.2 Å². The number of nitrogens with one attached hydrogen (secondary N) is 1. The summed E-state index contributed by atoms with van der Waals surface area (Å²) in [7, 11) is 1.58. The van der Waals surface area contributed by atoms with Crippen molar-refractivity contribution in [2.24, 2.45) is 0 Å². The molecule has 160 valence electrons. The Bertz CT molecular complexity index is 830. The molecule has 0 aliphatic rings. The van der Waals surface area contributed by atoms with E-state index in [9.17, 15) is 14.4 Å². The summed E-state index contributed by atoms with van der Waals surface area (Å²) in [4.78, 5) is 35.8. The highest BCUT2D eigenvalue weighted by molar-refractivity contribution is 5.97. The number of ether oxygens (including phenoxy) is 3. The highest BCUT2D eigenvalue weighted by Gasteiger charge is 2.12. The van der Waals surface area contributed by atoms with Crippen molar-refractivity contribution in [3.8, 4) is 11.5 Å². The molecule has 0 bridgehead atoms. The highest BCUT2D eigenvalue weighted by Crippen LogP contribution is 2.14. The molecule has 0 unspecified atom stereocenters. The van der Waals surface area contributed by atoms with E-state index in [1.54, 1.807) is 43.5 Å². The molecule has 30 heavy (non-hydrogen) atoms. The first-order valence-corrected chi connectivity index (χ1v) is 9.83. The van der Waals surface area contributed by atoms with Crippen LogP contribution in [0.4, 0.5) is 0 Å². The Balaban J connectivity index is 1.65. The number of Topliss-reactive ketones (excluding diaryl/α,β-unsaturated/α-hetero) is 1. The van der Waals surface area contributed by atoms with E-state index in [2.05, 4.69) is 5.32 Å². The Morgan fingerprint density at radius 1 is 0.900 bits per heavy atom. The van der Waals surface area contributed by atoms with Crippen molar-refractivity contribution in [1.82, 2.24) is 5.32 Å². The van der Waals surface area contributed by atoms with Crippen LogP contribution in [0.5, 0.6) is 11.5 Å². The number of hydrogen-bond acceptors (Lipinski definition) is 6. The fraction of sp³-hybridized carbons (Fsp3) is 0.348. The lowest BCUT2D eigenvalue weighted by molar-refractivity contribution is -0.148. The topological polar surface area (TPSA) is 90.9 Å². The van der Waals surface area contributed by atoms with E-state index >= 15 is 0 Å². The first-order valence-electron chi connectivity index (χ1n) is 9.83. The molecule has 0 saturated carbocycles. The minimum atomic E-state index is -0.592. The molecule has 2 aromatic carbocycles. The third kappa shape index (κ3) is 7.95. The molecule has 0 saturated heterocycles. The zero-order valence-electron chi connectivity index (χ0n) is 17.3. The molecule has 1 N–H and O–H groups in total. The standard InChI is InChI=1S/C23H27NO6/c1-3-14-29-20-10-6-18(7-11-20)21(25)12-13-23(27)30-16-22(26)24-15-17-4-8-19(28-2)9-5-17/h4-11H,3,12-16H2,1-2H3,(H,24,26). The molecule has 0 aliphatic heterocycles. The van der Waals surface area contributed by atoms with Crippen LogP contribution in [0.1, 0.15) is 42.1 Å². The number of rotatable bonds is 12. The number of benzene rings is 2. The summed E-state index contributed by atoms with van der Waals surface area (Å²) in [5.41, 5.74) is 1.40. The number of hydrogen-bond donors (Lipinski definition) is 1. The minimum absolute atomic E-state index is 0.0153. The van der Waals surface area contributed by atoms with Crippen LogP contribution in [0.25, 0.3) is 0 Å². The van der Waals surface area contributed by atoms with Gasteiger partial charge in [-0.25, -0.2) is 0 Å². The molecule has 0 spiro atoms. The molecule has 7 heteroatoms. The van der Waals surface area contributed by atoms with Crippen LogP contribution in [0, 0.1) is 0 Å². The van der Waals surface area contributed by atoms with Crippen molar-refractivity contribution in [3.63, 3.8) is 0 Å². The number of methoxy groups -OCH3 is 1. The fourth-order valence-corrected chi connectivity index (χ4v) is 2.53. The zero-order chi connectivity index (χ0) is 21.8. The molecule has 0 atom stereocenters. The second-order valence-electron chi connectivity index (χ2n) is 6.58. The van der Waals surface area contributed by atoms with E-state index in [0.717, 1.165) is 17.7 Å². The van der Waals surface area contributed by atoms with E-state index < -0.39 is 11.9 Å². The third-order valence-electron chi connectivity index (χ3n) is 4.22. The molecule has 7 nitrogen and oxygen atoms in total. The maximum absolute atomic E-state index is 12.2. The van der Waals surface area contributed by atoms with Crippen LogP contribution in [-0.4, -0.2) is 38.0 Å². The lowest BCUT2D eigenvalue weighted by atomic mass is 10.1. The molecule has 2 rings (SSSR count). The molecular formula is C23H27NO6. The van der Waals surface area contributed by atoms with E-state index in [4.69, 9.17) is 14.2 Å². The van der Waals surface area contributed by atoms with Crippen LogP contribution < -0.4 is 14.8 Å². The van der Waals surface area contributed by atoms with Gasteiger partial charge >= 0.3 is 5.97 Å². The second kappa shape index (κ2) is 12.3. The Morgan fingerprint density at radius 3 is 2.20 bits per heavy atom. The summed E-state index contributed by atoms with van der Waals surface area (Å²) < 4.78 is 15.5. The molecule has 0 heterocycles. The van der Waals surface area contributed by atoms with Crippen molar-refractivity contribution in [1.29, 1.82) is 0 Å². The summed E-state index contributed by atoms with van der Waals surface area (Å²) in [6.45, 7) is 2.57. The number of esters is 1. The number of amides is 1. The smallest absolute Gasteiger partial charge is 0.306 e. The van der Waals surface area contributed by atoms with Crippen molar-refractivity contribution in [2.75, 3.05) is 20.3 Å². The Morgan fingerprint density at radius 2 is 1.57 bits per heavy atom. The Hall–Kier alpha value is -3.35. The van der Waals surface area contributed by atoms with Crippen molar-refractivity contribution in [3.05, 3.63) is 59.7 Å². The van der Waals surface area contributed by atoms with Crippen LogP contribution in [0.2, 0.25) is 0 Å². The molecule has 0 aromatic heterocycles. The molecule has 1 amide bonds. The lowest BCUT2D eigenvalue weighted by Crippen LogP contribution is -2.28. The molecule has 0 aliphatic carbocycles. The average Bonchev–Trinajstić information content (AvgIpc) is 2.79. The van der Waals surface area contributed by atoms with Gasteiger partial charge in [-0.05, 0) is 48.4 Å². The van der Waals surface area contributed by atoms with Crippen LogP contribution in [-0.2, 0) is 20.9 Å². The SMILES string of the molecule is CCCOc1ccc(C(=O)CCC(=O)OCC(=O)NCc2ccc(OC)cc2)cc1. The van der Waals surface area contributed by atoms with E-state index in [1.807, 2.05) is 19.1 Å². The van der Waals surface area contributed by atoms with E-state index in [0.29, 0.717) is 24.5 Å². The Kier molecular flexibility index (Phi) is 9.37. The summed E-state index contributed by atoms with van der Waals surface area (Å²) in [6, 6.07) is 14.1. The lowest BCUT2D eigenvalue weighted by Gasteiger charge is -2.08. The maximum Gasteiger partial charge on any atom is 0.306 e. The van der Waals surface area contributed by atoms with Gasteiger partial charge in [0.05, 0.1) is 20.1 Å². The van der Waals surface area contributed by atoms with Crippen molar-refractivity contribution >= 4 is 17.7 Å². The van der Waals surface area contributed by atoms with Gasteiger partial charge in [0.25, 0.3) is 5.91 Å². The molecular weight excluding hydrogens is 386 g/mol. The van der Waals surface area contributed by atoms with Gasteiger partial charge in [0.2, 0.25) is 0 Å². The average molecular weight is 413 g/mol. The summed E-state index contributed by atoms with van der Waals surface area (Å²) in [6.07, 6.45) is 0.836. The summed E-state index contributed by atoms with van der Waals surface area (Å²) in [5, 5.41) is 2.67. The number of carbonyl (C=O) groups is 3. The van der Waals surface area contributed by atoms with Gasteiger partial charge in [0, 0.05) is 18.5 Å².